The van der Waals surface area contributed by atoms with E-state index in [1.807, 2.05) is 0 Å². The van der Waals surface area contributed by atoms with E-state index in [4.69, 9.17) is 10.3 Å². The van der Waals surface area contributed by atoms with Crippen molar-refractivity contribution in [2.24, 2.45) is 5.73 Å². The quantitative estimate of drug-likeness (QED) is 0.921. The van der Waals surface area contributed by atoms with Crippen molar-refractivity contribution in [1.29, 1.82) is 0 Å². The smallest absolute Gasteiger partial charge is 0.231 e. The number of rotatable bonds is 3. The minimum atomic E-state index is -0.244. The Bertz CT molecular complexity index is 569. The lowest BCUT2D eigenvalue weighted by Crippen LogP contribution is -2.22. The first-order valence-corrected chi connectivity index (χ1v) is 6.55. The molecular formula is C14H16FN3O. The molecule has 0 amide bonds. The molecule has 2 unspecified atom stereocenters. The van der Waals surface area contributed by atoms with Crippen molar-refractivity contribution in [2.45, 2.75) is 37.6 Å². The van der Waals surface area contributed by atoms with Crippen LogP contribution in [0.25, 0.3) is 0 Å². The monoisotopic (exact) mass is 261 g/mol. The fourth-order valence-corrected chi connectivity index (χ4v) is 2.60. The van der Waals surface area contributed by atoms with Crippen LogP contribution in [0.15, 0.2) is 28.8 Å². The lowest BCUT2D eigenvalue weighted by Gasteiger charge is -2.08. The zero-order valence-electron chi connectivity index (χ0n) is 10.6. The van der Waals surface area contributed by atoms with Gasteiger partial charge in [0.25, 0.3) is 0 Å². The van der Waals surface area contributed by atoms with E-state index in [2.05, 4.69) is 10.1 Å². The van der Waals surface area contributed by atoms with Crippen LogP contribution in [0, 0.1) is 5.82 Å². The topological polar surface area (TPSA) is 64.9 Å². The zero-order valence-corrected chi connectivity index (χ0v) is 10.6. The minimum absolute atomic E-state index is 0.0989. The molecule has 1 aliphatic rings. The molecule has 0 bridgehead atoms. The molecule has 0 aliphatic heterocycles. The molecule has 5 heteroatoms. The molecule has 1 aromatic carbocycles. The maximum Gasteiger partial charge on any atom is 0.231 e. The Balaban J connectivity index is 1.77. The van der Waals surface area contributed by atoms with Crippen molar-refractivity contribution < 1.29 is 8.91 Å². The molecule has 2 atom stereocenters. The fraction of sp³-hybridized carbons (Fsp3) is 0.429. The summed E-state index contributed by atoms with van der Waals surface area (Å²) in [6.07, 6.45) is 3.42. The molecule has 2 aromatic rings. The summed E-state index contributed by atoms with van der Waals surface area (Å²) in [7, 11) is 0. The standard InChI is InChI=1S/C14H16FN3O/c15-11-6-2-1-4-9(11)8-13-17-14(19-18-13)10-5-3-7-12(10)16/h1-2,4,6,10,12H,3,5,7-8,16H2. The van der Waals surface area contributed by atoms with Crippen LogP contribution in [0.1, 0.15) is 42.5 Å². The highest BCUT2D eigenvalue weighted by atomic mass is 19.1. The molecule has 100 valence electrons. The molecule has 4 nitrogen and oxygen atoms in total. The average Bonchev–Trinajstić information content (AvgIpc) is 3.01. The Kier molecular flexibility index (Phi) is 3.29. The van der Waals surface area contributed by atoms with Crippen LogP contribution in [0.5, 0.6) is 0 Å². The van der Waals surface area contributed by atoms with Crippen LogP contribution in [0.2, 0.25) is 0 Å². The van der Waals surface area contributed by atoms with Gasteiger partial charge >= 0.3 is 0 Å². The molecule has 2 N–H and O–H groups in total. The van der Waals surface area contributed by atoms with E-state index in [1.54, 1.807) is 18.2 Å². The lowest BCUT2D eigenvalue weighted by molar-refractivity contribution is 0.342. The molecular weight excluding hydrogens is 245 g/mol. The number of hydrogen-bond donors (Lipinski definition) is 1. The summed E-state index contributed by atoms with van der Waals surface area (Å²) in [5.41, 5.74) is 6.58. The van der Waals surface area contributed by atoms with Crippen molar-refractivity contribution >= 4 is 0 Å². The fourth-order valence-electron chi connectivity index (χ4n) is 2.60. The maximum absolute atomic E-state index is 13.5. The lowest BCUT2D eigenvalue weighted by atomic mass is 10.1. The van der Waals surface area contributed by atoms with E-state index in [0.29, 0.717) is 23.7 Å². The van der Waals surface area contributed by atoms with Gasteiger partial charge in [0.05, 0.1) is 5.92 Å². The first kappa shape index (κ1) is 12.3. The van der Waals surface area contributed by atoms with Crippen molar-refractivity contribution in [2.75, 3.05) is 0 Å². The first-order chi connectivity index (χ1) is 9.24. The summed E-state index contributed by atoms with van der Waals surface area (Å²) < 4.78 is 18.8. The molecule has 1 heterocycles. The van der Waals surface area contributed by atoms with Gasteiger partial charge in [0, 0.05) is 12.5 Å². The molecule has 0 saturated heterocycles. The van der Waals surface area contributed by atoms with Gasteiger partial charge in [-0.05, 0) is 24.5 Å². The predicted molar refractivity (Wildman–Crippen MR) is 68.1 cm³/mol. The SMILES string of the molecule is NC1CCCC1c1nc(Cc2ccccc2F)no1. The largest absolute Gasteiger partial charge is 0.339 e. The molecule has 19 heavy (non-hydrogen) atoms. The van der Waals surface area contributed by atoms with Crippen molar-refractivity contribution in [3.8, 4) is 0 Å². The second kappa shape index (κ2) is 5.09. The third kappa shape index (κ3) is 2.51. The summed E-state index contributed by atoms with van der Waals surface area (Å²) >= 11 is 0. The highest BCUT2D eigenvalue weighted by Crippen LogP contribution is 2.32. The summed E-state index contributed by atoms with van der Waals surface area (Å²) in [6, 6.07) is 6.72. The average molecular weight is 261 g/mol. The minimum Gasteiger partial charge on any atom is -0.339 e. The van der Waals surface area contributed by atoms with Crippen LogP contribution >= 0.6 is 0 Å². The third-order valence-electron chi connectivity index (χ3n) is 3.68. The van der Waals surface area contributed by atoms with Gasteiger partial charge in [-0.25, -0.2) is 4.39 Å². The number of aromatic nitrogens is 2. The van der Waals surface area contributed by atoms with Gasteiger partial charge in [-0.2, -0.15) is 4.98 Å². The highest BCUT2D eigenvalue weighted by molar-refractivity contribution is 5.20. The maximum atomic E-state index is 13.5. The van der Waals surface area contributed by atoms with Crippen molar-refractivity contribution in [1.82, 2.24) is 10.1 Å². The highest BCUT2D eigenvalue weighted by Gasteiger charge is 2.30. The predicted octanol–water partition coefficient (Wildman–Crippen LogP) is 2.39. The Morgan fingerprint density at radius 1 is 1.32 bits per heavy atom. The van der Waals surface area contributed by atoms with Gasteiger partial charge < -0.3 is 10.3 Å². The van der Waals surface area contributed by atoms with E-state index in [-0.39, 0.29) is 17.8 Å². The summed E-state index contributed by atoms with van der Waals surface area (Å²) in [4.78, 5) is 4.35. The van der Waals surface area contributed by atoms with E-state index in [0.717, 1.165) is 19.3 Å². The van der Waals surface area contributed by atoms with Crippen molar-refractivity contribution in [3.63, 3.8) is 0 Å². The molecule has 1 aromatic heterocycles. The Hall–Kier alpha value is -1.75. The third-order valence-corrected chi connectivity index (χ3v) is 3.68. The van der Waals surface area contributed by atoms with Gasteiger partial charge in [-0.1, -0.05) is 29.8 Å². The Labute approximate surface area is 110 Å². The van der Waals surface area contributed by atoms with Gasteiger partial charge in [0.2, 0.25) is 5.89 Å². The molecule has 1 fully saturated rings. The zero-order chi connectivity index (χ0) is 13.2. The van der Waals surface area contributed by atoms with Gasteiger partial charge in [0.1, 0.15) is 5.82 Å². The Morgan fingerprint density at radius 2 is 2.16 bits per heavy atom. The van der Waals surface area contributed by atoms with Crippen LogP contribution in [-0.4, -0.2) is 16.2 Å². The van der Waals surface area contributed by atoms with Gasteiger partial charge in [-0.3, -0.25) is 0 Å². The van der Waals surface area contributed by atoms with Crippen LogP contribution in [-0.2, 0) is 6.42 Å². The molecule has 0 spiro atoms. The van der Waals surface area contributed by atoms with E-state index < -0.39 is 0 Å². The van der Waals surface area contributed by atoms with Gasteiger partial charge in [-0.15, -0.1) is 0 Å². The van der Waals surface area contributed by atoms with Crippen molar-refractivity contribution in [3.05, 3.63) is 47.4 Å². The number of benzene rings is 1. The second-order valence-electron chi connectivity index (χ2n) is 5.02. The van der Waals surface area contributed by atoms with Crippen LogP contribution < -0.4 is 5.73 Å². The van der Waals surface area contributed by atoms with E-state index in [1.165, 1.54) is 6.07 Å². The number of nitrogens with two attached hydrogens (primary N) is 1. The molecule has 0 radical (unpaired) electrons. The molecule has 3 rings (SSSR count). The second-order valence-corrected chi connectivity index (χ2v) is 5.02. The number of halogens is 1. The normalized spacial score (nSPS) is 22.8. The Morgan fingerprint density at radius 3 is 2.89 bits per heavy atom. The molecule has 1 saturated carbocycles. The van der Waals surface area contributed by atoms with Crippen LogP contribution in [0.4, 0.5) is 4.39 Å². The summed E-state index contributed by atoms with van der Waals surface area (Å²) in [5, 5.41) is 3.92. The van der Waals surface area contributed by atoms with Crippen LogP contribution in [0.3, 0.4) is 0 Å². The summed E-state index contributed by atoms with van der Waals surface area (Å²) in [5.74, 6) is 1.02. The number of nitrogens with zero attached hydrogens (tertiary/aromatic N) is 2. The van der Waals surface area contributed by atoms with Gasteiger partial charge in [0.15, 0.2) is 5.82 Å². The summed E-state index contributed by atoms with van der Waals surface area (Å²) in [6.45, 7) is 0. The number of hydrogen-bond acceptors (Lipinski definition) is 4. The van der Waals surface area contributed by atoms with E-state index >= 15 is 0 Å². The molecule has 1 aliphatic carbocycles. The first-order valence-electron chi connectivity index (χ1n) is 6.55. The van der Waals surface area contributed by atoms with E-state index in [9.17, 15) is 4.39 Å².